The SMILES string of the molecule is Cc1sc(Br)cc1S(=O)(=O)NCCC(=O)NC1CC1. The molecule has 2 N–H and O–H groups in total. The third kappa shape index (κ3) is 4.27. The number of thiophene rings is 1. The third-order valence-corrected chi connectivity index (χ3v) is 5.99. The molecule has 1 fully saturated rings. The zero-order chi connectivity index (χ0) is 14.0. The van der Waals surface area contributed by atoms with E-state index in [2.05, 4.69) is 26.0 Å². The predicted molar refractivity (Wildman–Crippen MR) is 77.7 cm³/mol. The number of carbonyl (C=O) groups is 1. The summed E-state index contributed by atoms with van der Waals surface area (Å²) in [5.41, 5.74) is 0. The molecule has 0 aliphatic heterocycles. The lowest BCUT2D eigenvalue weighted by molar-refractivity contribution is -0.121. The van der Waals surface area contributed by atoms with Crippen LogP contribution in [0.5, 0.6) is 0 Å². The van der Waals surface area contributed by atoms with E-state index in [9.17, 15) is 13.2 Å². The molecule has 106 valence electrons. The number of halogens is 1. The van der Waals surface area contributed by atoms with Crippen LogP contribution in [0.3, 0.4) is 0 Å². The van der Waals surface area contributed by atoms with Crippen LogP contribution in [0.15, 0.2) is 14.7 Å². The summed E-state index contributed by atoms with van der Waals surface area (Å²) in [7, 11) is -3.53. The molecular weight excluding hydrogens is 352 g/mol. The molecule has 1 aromatic heterocycles. The molecular formula is C11H15BrN2O3S2. The molecule has 1 heterocycles. The second kappa shape index (κ2) is 5.90. The minimum Gasteiger partial charge on any atom is -0.353 e. The Bertz CT molecular complexity index is 579. The Labute approximate surface area is 125 Å². The maximum absolute atomic E-state index is 12.0. The van der Waals surface area contributed by atoms with Crippen molar-refractivity contribution in [2.75, 3.05) is 6.54 Å². The molecule has 0 spiro atoms. The summed E-state index contributed by atoms with van der Waals surface area (Å²) in [6, 6.07) is 1.88. The molecule has 0 bridgehead atoms. The van der Waals surface area contributed by atoms with Crippen molar-refractivity contribution in [3.05, 3.63) is 14.7 Å². The first-order valence-corrected chi connectivity index (χ1v) is 9.03. The van der Waals surface area contributed by atoms with Gasteiger partial charge in [-0.05, 0) is 41.8 Å². The van der Waals surface area contributed by atoms with Crippen molar-refractivity contribution >= 4 is 43.2 Å². The normalized spacial score (nSPS) is 15.5. The Hall–Kier alpha value is -0.440. The maximum Gasteiger partial charge on any atom is 0.241 e. The van der Waals surface area contributed by atoms with Crippen molar-refractivity contribution in [2.24, 2.45) is 0 Å². The van der Waals surface area contributed by atoms with Crippen LogP contribution in [-0.4, -0.2) is 26.9 Å². The van der Waals surface area contributed by atoms with E-state index in [1.54, 1.807) is 13.0 Å². The molecule has 0 unspecified atom stereocenters. The predicted octanol–water partition coefficient (Wildman–Crippen LogP) is 1.77. The quantitative estimate of drug-likeness (QED) is 0.805. The lowest BCUT2D eigenvalue weighted by Crippen LogP contribution is -2.31. The average Bonchev–Trinajstić information content (AvgIpc) is 3.02. The molecule has 1 aliphatic rings. The summed E-state index contributed by atoms with van der Waals surface area (Å²) in [5.74, 6) is -0.103. The second-order valence-electron chi connectivity index (χ2n) is 4.46. The van der Waals surface area contributed by atoms with Gasteiger partial charge in [0.1, 0.15) is 0 Å². The number of aryl methyl sites for hydroxylation is 1. The van der Waals surface area contributed by atoms with Gasteiger partial charge < -0.3 is 5.32 Å². The number of nitrogens with one attached hydrogen (secondary N) is 2. The van der Waals surface area contributed by atoms with Crippen LogP contribution in [0, 0.1) is 6.92 Å². The van der Waals surface area contributed by atoms with E-state index in [1.807, 2.05) is 0 Å². The lowest BCUT2D eigenvalue weighted by Gasteiger charge is -2.06. The molecule has 19 heavy (non-hydrogen) atoms. The highest BCUT2D eigenvalue weighted by Gasteiger charge is 2.23. The highest BCUT2D eigenvalue weighted by Crippen LogP contribution is 2.29. The van der Waals surface area contributed by atoms with Crippen LogP contribution in [0.25, 0.3) is 0 Å². The van der Waals surface area contributed by atoms with Crippen LogP contribution in [0.4, 0.5) is 0 Å². The number of sulfonamides is 1. The van der Waals surface area contributed by atoms with Gasteiger partial charge in [-0.15, -0.1) is 11.3 Å². The van der Waals surface area contributed by atoms with E-state index in [-0.39, 0.29) is 23.8 Å². The molecule has 1 amide bonds. The summed E-state index contributed by atoms with van der Waals surface area (Å²) in [5, 5.41) is 2.82. The van der Waals surface area contributed by atoms with Crippen LogP contribution < -0.4 is 10.0 Å². The zero-order valence-corrected chi connectivity index (χ0v) is 13.6. The van der Waals surface area contributed by atoms with Crippen LogP contribution >= 0.6 is 27.3 Å². The van der Waals surface area contributed by atoms with Gasteiger partial charge in [0.15, 0.2) is 0 Å². The molecule has 5 nitrogen and oxygen atoms in total. The standard InChI is InChI=1S/C11H15BrN2O3S2/c1-7-9(6-10(12)18-7)19(16,17)13-5-4-11(15)14-8-2-3-8/h6,8,13H,2-5H2,1H3,(H,14,15). The van der Waals surface area contributed by atoms with Gasteiger partial charge in [-0.1, -0.05) is 0 Å². The first kappa shape index (κ1) is 15.0. The average molecular weight is 367 g/mol. The molecule has 0 radical (unpaired) electrons. The van der Waals surface area contributed by atoms with Crippen LogP contribution in [0.2, 0.25) is 0 Å². The summed E-state index contributed by atoms with van der Waals surface area (Å²) >= 11 is 4.63. The smallest absolute Gasteiger partial charge is 0.241 e. The van der Waals surface area contributed by atoms with Crippen molar-refractivity contribution in [2.45, 2.75) is 37.1 Å². The van der Waals surface area contributed by atoms with Gasteiger partial charge in [-0.3, -0.25) is 4.79 Å². The van der Waals surface area contributed by atoms with E-state index in [4.69, 9.17) is 0 Å². The molecule has 8 heteroatoms. The fraction of sp³-hybridized carbons (Fsp3) is 0.545. The van der Waals surface area contributed by atoms with E-state index in [1.165, 1.54) is 11.3 Å². The van der Waals surface area contributed by atoms with Gasteiger partial charge in [0, 0.05) is 23.9 Å². The van der Waals surface area contributed by atoms with Crippen molar-refractivity contribution in [3.8, 4) is 0 Å². The molecule has 1 aromatic rings. The number of rotatable bonds is 6. The highest BCUT2D eigenvalue weighted by molar-refractivity contribution is 9.11. The van der Waals surface area contributed by atoms with Crippen molar-refractivity contribution in [1.82, 2.24) is 10.0 Å². The second-order valence-corrected chi connectivity index (χ2v) is 8.83. The Kier molecular flexibility index (Phi) is 4.65. The Balaban J connectivity index is 1.87. The maximum atomic E-state index is 12.0. The minimum atomic E-state index is -3.53. The largest absolute Gasteiger partial charge is 0.353 e. The Morgan fingerprint density at radius 1 is 1.53 bits per heavy atom. The molecule has 2 rings (SSSR count). The Morgan fingerprint density at radius 2 is 2.21 bits per heavy atom. The zero-order valence-electron chi connectivity index (χ0n) is 10.4. The minimum absolute atomic E-state index is 0.103. The van der Waals surface area contributed by atoms with Crippen molar-refractivity contribution < 1.29 is 13.2 Å². The molecule has 1 aliphatic carbocycles. The molecule has 0 saturated heterocycles. The fourth-order valence-corrected chi connectivity index (χ4v) is 5.05. The summed E-state index contributed by atoms with van der Waals surface area (Å²) < 4.78 is 27.3. The molecule has 0 atom stereocenters. The third-order valence-electron chi connectivity index (χ3n) is 2.72. The number of carbonyl (C=O) groups excluding carboxylic acids is 1. The van der Waals surface area contributed by atoms with Gasteiger partial charge in [0.05, 0.1) is 8.68 Å². The fourth-order valence-electron chi connectivity index (χ4n) is 1.60. The van der Waals surface area contributed by atoms with Gasteiger partial charge in [-0.2, -0.15) is 0 Å². The van der Waals surface area contributed by atoms with E-state index in [0.717, 1.165) is 21.5 Å². The van der Waals surface area contributed by atoms with E-state index in [0.29, 0.717) is 6.04 Å². The van der Waals surface area contributed by atoms with Crippen molar-refractivity contribution in [1.29, 1.82) is 0 Å². The van der Waals surface area contributed by atoms with Gasteiger partial charge in [0.2, 0.25) is 15.9 Å². The van der Waals surface area contributed by atoms with Gasteiger partial charge in [0.25, 0.3) is 0 Å². The number of hydrogen-bond acceptors (Lipinski definition) is 4. The first-order valence-electron chi connectivity index (χ1n) is 5.93. The van der Waals surface area contributed by atoms with Crippen LogP contribution in [0.1, 0.15) is 24.1 Å². The van der Waals surface area contributed by atoms with Crippen molar-refractivity contribution in [3.63, 3.8) is 0 Å². The molecule has 1 saturated carbocycles. The first-order chi connectivity index (χ1) is 8.88. The summed E-state index contributed by atoms with van der Waals surface area (Å²) in [4.78, 5) is 12.4. The summed E-state index contributed by atoms with van der Waals surface area (Å²) in [6.07, 6.45) is 2.22. The van der Waals surface area contributed by atoms with E-state index < -0.39 is 10.0 Å². The lowest BCUT2D eigenvalue weighted by atomic mass is 10.4. The monoisotopic (exact) mass is 366 g/mol. The summed E-state index contributed by atoms with van der Waals surface area (Å²) in [6.45, 7) is 1.87. The van der Waals surface area contributed by atoms with Gasteiger partial charge in [-0.25, -0.2) is 13.1 Å². The highest BCUT2D eigenvalue weighted by atomic mass is 79.9. The number of hydrogen-bond donors (Lipinski definition) is 2. The Morgan fingerprint density at radius 3 is 2.74 bits per heavy atom. The van der Waals surface area contributed by atoms with E-state index >= 15 is 0 Å². The number of amides is 1. The topological polar surface area (TPSA) is 75.3 Å². The van der Waals surface area contributed by atoms with Gasteiger partial charge >= 0.3 is 0 Å². The molecule has 0 aromatic carbocycles. The van der Waals surface area contributed by atoms with Crippen LogP contribution in [-0.2, 0) is 14.8 Å².